The Balaban J connectivity index is 1.95. The van der Waals surface area contributed by atoms with Gasteiger partial charge >= 0.3 is 0 Å². The second-order valence-corrected chi connectivity index (χ2v) is 9.62. The van der Waals surface area contributed by atoms with Gasteiger partial charge in [0, 0.05) is 37.9 Å². The average Bonchev–Trinajstić information content (AvgIpc) is 3.24. The lowest BCUT2D eigenvalue weighted by atomic mass is 9.82. The lowest BCUT2D eigenvalue weighted by Gasteiger charge is -2.32. The van der Waals surface area contributed by atoms with Crippen LogP contribution in [0.3, 0.4) is 0 Å². The molecule has 0 spiro atoms. The molecular formula is C19H29N3O5S. The number of rotatable bonds is 8. The molecule has 1 aliphatic heterocycles. The van der Waals surface area contributed by atoms with E-state index in [1.165, 1.54) is 22.9 Å². The van der Waals surface area contributed by atoms with Crippen molar-refractivity contribution in [1.82, 2.24) is 4.31 Å². The third kappa shape index (κ3) is 4.64. The van der Waals surface area contributed by atoms with Gasteiger partial charge in [-0.3, -0.25) is 10.1 Å². The first-order valence-corrected chi connectivity index (χ1v) is 11.5. The molecule has 0 amide bonds. The van der Waals surface area contributed by atoms with E-state index in [9.17, 15) is 23.6 Å². The minimum atomic E-state index is -3.81. The molecule has 2 N–H and O–H groups in total. The number of hydrogen-bond acceptors (Lipinski definition) is 6. The van der Waals surface area contributed by atoms with Gasteiger partial charge in [-0.05, 0) is 44.1 Å². The highest BCUT2D eigenvalue weighted by Crippen LogP contribution is 2.34. The predicted octanol–water partition coefficient (Wildman–Crippen LogP) is 3.12. The summed E-state index contributed by atoms with van der Waals surface area (Å²) in [6.07, 6.45) is 7.66. The molecule has 28 heavy (non-hydrogen) atoms. The lowest BCUT2D eigenvalue weighted by Crippen LogP contribution is -2.33. The van der Waals surface area contributed by atoms with Gasteiger partial charge in [0.05, 0.1) is 10.6 Å². The molecule has 0 aromatic heterocycles. The molecule has 156 valence electrons. The van der Waals surface area contributed by atoms with Crippen molar-refractivity contribution in [2.24, 2.45) is 5.92 Å². The third-order valence-corrected chi connectivity index (χ3v) is 7.80. The number of aliphatic hydroxyl groups is 1. The zero-order chi connectivity index (χ0) is 20.1. The van der Waals surface area contributed by atoms with E-state index in [2.05, 4.69) is 5.32 Å². The molecule has 1 aromatic carbocycles. The van der Waals surface area contributed by atoms with Crippen LogP contribution in [0.4, 0.5) is 11.4 Å². The lowest BCUT2D eigenvalue weighted by molar-refractivity contribution is -0.385. The molecule has 0 bridgehead atoms. The number of nitrogens with one attached hydrogen (secondary N) is 1. The Hall–Kier alpha value is -1.71. The summed E-state index contributed by atoms with van der Waals surface area (Å²) in [6.45, 7) is 0.885. The number of hydrogen-bond donors (Lipinski definition) is 2. The Bertz CT molecular complexity index is 787. The van der Waals surface area contributed by atoms with Crippen molar-refractivity contribution < 1.29 is 18.4 Å². The number of sulfonamides is 1. The van der Waals surface area contributed by atoms with E-state index in [0.29, 0.717) is 31.1 Å². The summed E-state index contributed by atoms with van der Waals surface area (Å²) >= 11 is 0. The smallest absolute Gasteiger partial charge is 0.270 e. The quantitative estimate of drug-likeness (QED) is 0.502. The minimum Gasteiger partial charge on any atom is -0.396 e. The van der Waals surface area contributed by atoms with E-state index in [0.717, 1.165) is 44.6 Å². The van der Waals surface area contributed by atoms with E-state index in [1.54, 1.807) is 0 Å². The molecule has 0 radical (unpaired) electrons. The van der Waals surface area contributed by atoms with E-state index in [-0.39, 0.29) is 23.2 Å². The van der Waals surface area contributed by atoms with Gasteiger partial charge in [-0.2, -0.15) is 4.31 Å². The van der Waals surface area contributed by atoms with Gasteiger partial charge in [-0.15, -0.1) is 0 Å². The molecule has 1 unspecified atom stereocenters. The summed E-state index contributed by atoms with van der Waals surface area (Å²) < 4.78 is 27.7. The molecule has 1 atom stereocenters. The monoisotopic (exact) mass is 411 g/mol. The standard InChI is InChI=1S/C19H29N3O5S/c23-13-10-17(15-6-2-1-3-7-15)20-18-9-8-16(22(24)25)14-19(18)28(26,27)21-11-4-5-12-21/h8-9,14-15,17,20,23H,1-7,10-13H2. The van der Waals surface area contributed by atoms with Gasteiger partial charge in [0.25, 0.3) is 5.69 Å². The Morgan fingerprint density at radius 1 is 1.18 bits per heavy atom. The Labute approximate surface area is 166 Å². The van der Waals surface area contributed by atoms with Crippen LogP contribution in [-0.4, -0.2) is 48.5 Å². The number of anilines is 1. The van der Waals surface area contributed by atoms with Gasteiger partial charge in [0.2, 0.25) is 10.0 Å². The van der Waals surface area contributed by atoms with E-state index >= 15 is 0 Å². The van der Waals surface area contributed by atoms with Crippen LogP contribution in [0.1, 0.15) is 51.4 Å². The zero-order valence-electron chi connectivity index (χ0n) is 16.0. The zero-order valence-corrected chi connectivity index (χ0v) is 16.9. The summed E-state index contributed by atoms with van der Waals surface area (Å²) in [6, 6.07) is 3.93. The molecule has 2 aliphatic rings. The van der Waals surface area contributed by atoms with Crippen molar-refractivity contribution in [2.45, 2.75) is 62.3 Å². The van der Waals surface area contributed by atoms with Gasteiger partial charge in [-0.1, -0.05) is 19.3 Å². The van der Waals surface area contributed by atoms with Crippen molar-refractivity contribution in [3.05, 3.63) is 28.3 Å². The average molecular weight is 412 g/mol. The molecule has 8 nitrogen and oxygen atoms in total. The highest BCUT2D eigenvalue weighted by Gasteiger charge is 2.32. The molecule has 3 rings (SSSR count). The first-order valence-electron chi connectivity index (χ1n) is 10.1. The summed E-state index contributed by atoms with van der Waals surface area (Å²) in [5, 5.41) is 24.1. The number of aliphatic hydroxyl groups excluding tert-OH is 1. The number of benzene rings is 1. The maximum Gasteiger partial charge on any atom is 0.270 e. The molecule has 1 saturated heterocycles. The van der Waals surface area contributed by atoms with E-state index < -0.39 is 14.9 Å². The SMILES string of the molecule is O=[N+]([O-])c1ccc(NC(CCO)C2CCCCC2)c(S(=O)(=O)N2CCCC2)c1. The van der Waals surface area contributed by atoms with Crippen LogP contribution in [0.2, 0.25) is 0 Å². The van der Waals surface area contributed by atoms with Crippen molar-refractivity contribution in [2.75, 3.05) is 25.0 Å². The number of non-ortho nitro benzene ring substituents is 1. The molecule has 1 aromatic rings. The van der Waals surface area contributed by atoms with Gasteiger partial charge in [0.15, 0.2) is 0 Å². The molecule has 1 heterocycles. The van der Waals surface area contributed by atoms with Crippen molar-refractivity contribution in [3.63, 3.8) is 0 Å². The highest BCUT2D eigenvalue weighted by molar-refractivity contribution is 7.89. The topological polar surface area (TPSA) is 113 Å². The van der Waals surface area contributed by atoms with Crippen LogP contribution >= 0.6 is 0 Å². The van der Waals surface area contributed by atoms with Crippen LogP contribution < -0.4 is 5.32 Å². The predicted molar refractivity (Wildman–Crippen MR) is 107 cm³/mol. The van der Waals surface area contributed by atoms with Gasteiger partial charge < -0.3 is 10.4 Å². The number of nitro benzene ring substituents is 1. The summed E-state index contributed by atoms with van der Waals surface area (Å²) in [5.41, 5.74) is 0.154. The highest BCUT2D eigenvalue weighted by atomic mass is 32.2. The molecular weight excluding hydrogens is 382 g/mol. The Morgan fingerprint density at radius 2 is 1.86 bits per heavy atom. The Kier molecular flexibility index (Phi) is 6.90. The Morgan fingerprint density at radius 3 is 2.46 bits per heavy atom. The third-order valence-electron chi connectivity index (χ3n) is 5.86. The molecule has 1 saturated carbocycles. The van der Waals surface area contributed by atoms with Gasteiger partial charge in [0.1, 0.15) is 4.90 Å². The van der Waals surface area contributed by atoms with Crippen LogP contribution in [0.5, 0.6) is 0 Å². The fraction of sp³-hybridized carbons (Fsp3) is 0.684. The normalized spacial score (nSPS) is 20.2. The van der Waals surface area contributed by atoms with Crippen LogP contribution in [0.25, 0.3) is 0 Å². The number of nitrogens with zero attached hydrogens (tertiary/aromatic N) is 2. The largest absolute Gasteiger partial charge is 0.396 e. The van der Waals surface area contributed by atoms with Gasteiger partial charge in [-0.25, -0.2) is 8.42 Å². The maximum atomic E-state index is 13.2. The van der Waals surface area contributed by atoms with Crippen LogP contribution in [0.15, 0.2) is 23.1 Å². The molecule has 9 heteroatoms. The summed E-state index contributed by atoms with van der Waals surface area (Å²) in [5.74, 6) is 0.360. The van der Waals surface area contributed by atoms with Crippen LogP contribution in [0, 0.1) is 16.0 Å². The van der Waals surface area contributed by atoms with E-state index in [1.807, 2.05) is 0 Å². The molecule has 2 fully saturated rings. The number of nitro groups is 1. The second kappa shape index (κ2) is 9.19. The van der Waals surface area contributed by atoms with Crippen LogP contribution in [-0.2, 0) is 10.0 Å². The first kappa shape index (κ1) is 21.0. The van der Waals surface area contributed by atoms with Crippen molar-refractivity contribution >= 4 is 21.4 Å². The van der Waals surface area contributed by atoms with Crippen molar-refractivity contribution in [1.29, 1.82) is 0 Å². The fourth-order valence-corrected chi connectivity index (χ4v) is 6.02. The fourth-order valence-electron chi connectivity index (χ4n) is 4.33. The maximum absolute atomic E-state index is 13.2. The van der Waals surface area contributed by atoms with E-state index in [4.69, 9.17) is 0 Å². The molecule has 1 aliphatic carbocycles. The minimum absolute atomic E-state index is 0.00928. The van der Waals surface area contributed by atoms with Crippen molar-refractivity contribution in [3.8, 4) is 0 Å². The first-order chi connectivity index (χ1) is 13.4. The summed E-state index contributed by atoms with van der Waals surface area (Å²) in [4.78, 5) is 10.6. The second-order valence-electron chi connectivity index (χ2n) is 7.71. The summed E-state index contributed by atoms with van der Waals surface area (Å²) in [7, 11) is -3.81.